The molecule has 0 bridgehead atoms. The van der Waals surface area contributed by atoms with Gasteiger partial charge < -0.3 is 10.4 Å². The number of para-hydroxylation sites is 1. The molecule has 162 valence electrons. The Bertz CT molecular complexity index is 1400. The molecule has 1 atom stereocenters. The van der Waals surface area contributed by atoms with Crippen molar-refractivity contribution in [3.05, 3.63) is 108 Å². The molecule has 2 aromatic heterocycles. The number of hydrogen-bond donors (Lipinski definition) is 3. The third-order valence-corrected chi connectivity index (χ3v) is 5.05. The molecule has 5 aromatic rings. The van der Waals surface area contributed by atoms with Gasteiger partial charge in [-0.25, -0.2) is 4.98 Å². The van der Waals surface area contributed by atoms with E-state index in [1.165, 1.54) is 4.68 Å². The Morgan fingerprint density at radius 2 is 1.52 bits per heavy atom. The minimum absolute atomic E-state index is 0.143. The summed E-state index contributed by atoms with van der Waals surface area (Å²) in [6.45, 7) is 0. The summed E-state index contributed by atoms with van der Waals surface area (Å²) in [5.74, 6) is 0.464. The second-order valence-electron chi connectivity index (χ2n) is 7.31. The molecule has 3 N–H and O–H groups in total. The molecule has 0 saturated carbocycles. The minimum Gasteiger partial charge on any atom is -0.369 e. The number of carbonyl (C=O) groups is 1. The lowest BCUT2D eigenvalue weighted by Crippen LogP contribution is -2.16. The molecule has 2 heterocycles. The number of aromatic nitrogens is 4. The van der Waals surface area contributed by atoms with Crippen LogP contribution in [0.15, 0.2) is 97.1 Å². The Balaban J connectivity index is 1.51. The van der Waals surface area contributed by atoms with Gasteiger partial charge in [0.25, 0.3) is 5.91 Å². The van der Waals surface area contributed by atoms with Crippen molar-refractivity contribution in [1.82, 2.24) is 19.7 Å². The van der Waals surface area contributed by atoms with Gasteiger partial charge in [0.2, 0.25) is 11.9 Å². The number of rotatable bonds is 6. The maximum atomic E-state index is 12.8. The molecule has 1 unspecified atom stereocenters. The normalized spacial score (nSPS) is 11.8. The van der Waals surface area contributed by atoms with Crippen LogP contribution in [0.4, 0.5) is 11.9 Å². The number of anilines is 2. The van der Waals surface area contributed by atoms with Crippen LogP contribution in [0.5, 0.6) is 0 Å². The van der Waals surface area contributed by atoms with Crippen LogP contribution >= 0.6 is 0 Å². The number of hydrogen-bond acceptors (Lipinski definition) is 6. The quantitative estimate of drug-likeness (QED) is 0.345. The molecule has 0 radical (unpaired) electrons. The van der Waals surface area contributed by atoms with E-state index < -0.39 is 6.23 Å². The monoisotopic (exact) mass is 436 g/mol. The van der Waals surface area contributed by atoms with E-state index in [2.05, 4.69) is 25.7 Å². The molecule has 0 aliphatic rings. The zero-order chi connectivity index (χ0) is 22.6. The molecule has 1 amide bonds. The molecule has 3 aromatic carbocycles. The zero-order valence-electron chi connectivity index (χ0n) is 17.5. The van der Waals surface area contributed by atoms with Crippen LogP contribution in [0, 0.1) is 0 Å². The number of pyridine rings is 1. The molecule has 0 aliphatic carbocycles. The average molecular weight is 436 g/mol. The first kappa shape index (κ1) is 20.3. The molecule has 8 nitrogen and oxygen atoms in total. The first-order valence-electron chi connectivity index (χ1n) is 10.4. The lowest BCUT2D eigenvalue weighted by atomic mass is 10.2. The highest BCUT2D eigenvalue weighted by molar-refractivity contribution is 6.03. The number of aliphatic hydroxyl groups excluding tert-OH is 1. The first-order chi connectivity index (χ1) is 16.2. The Hall–Kier alpha value is -4.56. The predicted molar refractivity (Wildman–Crippen MR) is 126 cm³/mol. The summed E-state index contributed by atoms with van der Waals surface area (Å²) < 4.78 is 1.44. The van der Waals surface area contributed by atoms with Gasteiger partial charge in [-0.15, -0.1) is 5.10 Å². The van der Waals surface area contributed by atoms with E-state index in [4.69, 9.17) is 0 Å². The Kier molecular flexibility index (Phi) is 5.48. The summed E-state index contributed by atoms with van der Waals surface area (Å²) in [4.78, 5) is 21.8. The fourth-order valence-electron chi connectivity index (χ4n) is 3.39. The van der Waals surface area contributed by atoms with Gasteiger partial charge >= 0.3 is 0 Å². The average Bonchev–Trinajstić information content (AvgIpc) is 3.26. The number of aliphatic hydroxyl groups is 1. The highest BCUT2D eigenvalue weighted by atomic mass is 16.3. The molecule has 0 saturated heterocycles. The summed E-state index contributed by atoms with van der Waals surface area (Å²) in [6, 6.07) is 29.4. The van der Waals surface area contributed by atoms with Crippen molar-refractivity contribution in [3.63, 3.8) is 0 Å². The van der Waals surface area contributed by atoms with Crippen LogP contribution in [-0.2, 0) is 0 Å². The molecular weight excluding hydrogens is 416 g/mol. The minimum atomic E-state index is -1.02. The number of nitrogens with one attached hydrogen (secondary N) is 2. The van der Waals surface area contributed by atoms with E-state index in [0.717, 1.165) is 10.9 Å². The summed E-state index contributed by atoms with van der Waals surface area (Å²) in [7, 11) is 0. The topological polar surface area (TPSA) is 105 Å². The van der Waals surface area contributed by atoms with Crippen molar-refractivity contribution in [2.45, 2.75) is 6.23 Å². The zero-order valence-corrected chi connectivity index (χ0v) is 17.5. The fraction of sp³-hybridized carbons (Fsp3) is 0.0400. The molecule has 0 spiro atoms. The van der Waals surface area contributed by atoms with E-state index in [-0.39, 0.29) is 17.8 Å². The van der Waals surface area contributed by atoms with Crippen molar-refractivity contribution in [3.8, 4) is 5.82 Å². The third kappa shape index (κ3) is 4.41. The van der Waals surface area contributed by atoms with Crippen LogP contribution < -0.4 is 10.6 Å². The van der Waals surface area contributed by atoms with Crippen molar-refractivity contribution in [2.24, 2.45) is 0 Å². The van der Waals surface area contributed by atoms with Gasteiger partial charge in [0.15, 0.2) is 12.0 Å². The molecule has 5 rings (SSSR count). The van der Waals surface area contributed by atoms with E-state index in [1.54, 1.807) is 42.5 Å². The van der Waals surface area contributed by atoms with Crippen LogP contribution in [0.1, 0.15) is 22.1 Å². The number of carbonyl (C=O) groups excluding carboxylic acids is 1. The fourth-order valence-corrected chi connectivity index (χ4v) is 3.39. The van der Waals surface area contributed by atoms with E-state index >= 15 is 0 Å². The smallest absolute Gasteiger partial charge is 0.258 e. The summed E-state index contributed by atoms with van der Waals surface area (Å²) >= 11 is 0. The van der Waals surface area contributed by atoms with Gasteiger partial charge in [-0.3, -0.25) is 10.1 Å². The van der Waals surface area contributed by atoms with Crippen LogP contribution in [0.2, 0.25) is 0 Å². The van der Waals surface area contributed by atoms with Gasteiger partial charge in [-0.05, 0) is 30.3 Å². The lowest BCUT2D eigenvalue weighted by Gasteiger charge is -2.10. The number of nitrogens with zero attached hydrogens (tertiary/aromatic N) is 4. The van der Waals surface area contributed by atoms with Crippen LogP contribution in [0.25, 0.3) is 16.7 Å². The van der Waals surface area contributed by atoms with Gasteiger partial charge in [-0.1, -0.05) is 66.7 Å². The Morgan fingerprint density at radius 3 is 2.30 bits per heavy atom. The summed E-state index contributed by atoms with van der Waals surface area (Å²) in [5.41, 5.74) is 1.93. The van der Waals surface area contributed by atoms with Gasteiger partial charge in [0, 0.05) is 16.5 Å². The number of benzene rings is 3. The van der Waals surface area contributed by atoms with Crippen LogP contribution in [-0.4, -0.2) is 30.8 Å². The largest absolute Gasteiger partial charge is 0.369 e. The maximum Gasteiger partial charge on any atom is 0.258 e. The van der Waals surface area contributed by atoms with Gasteiger partial charge in [0.1, 0.15) is 0 Å². The van der Waals surface area contributed by atoms with Crippen molar-refractivity contribution < 1.29 is 9.90 Å². The standard InChI is InChI=1S/C25H20N6O2/c32-22(18-10-3-1-4-11-18)27-24-29-25(28-23(33)19-12-5-2-6-13-19)31(30-24)21-16-15-17-9-7-8-14-20(17)26-21/h1-16,22,32H,(H2,27,28,29,30,33). The summed E-state index contributed by atoms with van der Waals surface area (Å²) in [6.07, 6.45) is -1.02. The van der Waals surface area contributed by atoms with Crippen LogP contribution in [0.3, 0.4) is 0 Å². The SMILES string of the molecule is O=C(Nc1nc(NC(O)c2ccccc2)nn1-c1ccc2ccccc2n1)c1ccccc1. The molecule has 0 fully saturated rings. The first-order valence-corrected chi connectivity index (χ1v) is 10.4. The molecule has 0 aliphatic heterocycles. The van der Waals surface area contributed by atoms with Gasteiger partial charge in [-0.2, -0.15) is 9.67 Å². The number of fused-ring (bicyclic) bond motifs is 1. The predicted octanol–water partition coefficient (Wildman–Crippen LogP) is 4.17. The highest BCUT2D eigenvalue weighted by Crippen LogP contribution is 2.21. The van der Waals surface area contributed by atoms with Crippen molar-refractivity contribution in [2.75, 3.05) is 10.6 Å². The summed E-state index contributed by atoms with van der Waals surface area (Å²) in [5, 5.41) is 21.6. The maximum absolute atomic E-state index is 12.8. The van der Waals surface area contributed by atoms with Crippen molar-refractivity contribution in [1.29, 1.82) is 0 Å². The molecular formula is C25H20N6O2. The third-order valence-electron chi connectivity index (χ3n) is 5.05. The second-order valence-corrected chi connectivity index (χ2v) is 7.31. The highest BCUT2D eigenvalue weighted by Gasteiger charge is 2.18. The molecule has 8 heteroatoms. The lowest BCUT2D eigenvalue weighted by molar-refractivity contribution is 0.102. The van der Waals surface area contributed by atoms with E-state index in [9.17, 15) is 9.90 Å². The van der Waals surface area contributed by atoms with E-state index in [1.807, 2.05) is 54.6 Å². The van der Waals surface area contributed by atoms with Gasteiger partial charge in [0.05, 0.1) is 5.52 Å². The second kappa shape index (κ2) is 8.89. The van der Waals surface area contributed by atoms with Crippen molar-refractivity contribution >= 4 is 28.7 Å². The molecule has 33 heavy (non-hydrogen) atoms. The Morgan fingerprint density at radius 1 is 0.818 bits per heavy atom. The Labute approximate surface area is 189 Å². The van der Waals surface area contributed by atoms with E-state index in [0.29, 0.717) is 16.9 Å². The number of amides is 1.